The Balaban J connectivity index is 1.86. The molecular formula is C14H19BrN2O2. The molecular weight excluding hydrogens is 308 g/mol. The number of halogens is 1. The first kappa shape index (κ1) is 14.5. The molecule has 1 aromatic carbocycles. The highest BCUT2D eigenvalue weighted by Crippen LogP contribution is 2.22. The quantitative estimate of drug-likeness (QED) is 0.889. The van der Waals surface area contributed by atoms with Gasteiger partial charge in [-0.15, -0.1) is 0 Å². The average molecular weight is 327 g/mol. The van der Waals surface area contributed by atoms with Crippen molar-refractivity contribution >= 4 is 21.8 Å². The van der Waals surface area contributed by atoms with Crippen LogP contribution in [0.4, 0.5) is 0 Å². The highest BCUT2D eigenvalue weighted by atomic mass is 79.9. The Labute approximate surface area is 122 Å². The number of ether oxygens (including phenoxy) is 1. The molecule has 0 bridgehead atoms. The van der Waals surface area contributed by atoms with Gasteiger partial charge >= 0.3 is 0 Å². The van der Waals surface area contributed by atoms with Crippen molar-refractivity contribution in [2.75, 3.05) is 19.7 Å². The van der Waals surface area contributed by atoms with Gasteiger partial charge in [0, 0.05) is 17.6 Å². The van der Waals surface area contributed by atoms with Crippen molar-refractivity contribution in [3.05, 3.63) is 34.3 Å². The van der Waals surface area contributed by atoms with Crippen molar-refractivity contribution in [1.29, 1.82) is 0 Å². The number of amides is 1. The van der Waals surface area contributed by atoms with E-state index in [1.807, 2.05) is 31.2 Å². The van der Waals surface area contributed by atoms with E-state index in [0.29, 0.717) is 13.0 Å². The van der Waals surface area contributed by atoms with Gasteiger partial charge in [-0.2, -0.15) is 0 Å². The van der Waals surface area contributed by atoms with Gasteiger partial charge in [-0.05, 0) is 18.6 Å². The van der Waals surface area contributed by atoms with Gasteiger partial charge in [0.2, 0.25) is 5.91 Å². The lowest BCUT2D eigenvalue weighted by Crippen LogP contribution is -2.41. The molecule has 0 aliphatic carbocycles. The first-order valence-corrected chi connectivity index (χ1v) is 7.32. The van der Waals surface area contributed by atoms with Crippen LogP contribution in [0.25, 0.3) is 0 Å². The molecule has 1 unspecified atom stereocenters. The molecule has 2 atom stereocenters. The van der Waals surface area contributed by atoms with Crippen LogP contribution in [-0.4, -0.2) is 31.7 Å². The molecule has 1 aliphatic rings. The lowest BCUT2D eigenvalue weighted by molar-refractivity contribution is -0.125. The Morgan fingerprint density at radius 3 is 3.05 bits per heavy atom. The van der Waals surface area contributed by atoms with Crippen LogP contribution in [0.2, 0.25) is 0 Å². The van der Waals surface area contributed by atoms with E-state index in [2.05, 4.69) is 26.6 Å². The Morgan fingerprint density at radius 1 is 1.58 bits per heavy atom. The van der Waals surface area contributed by atoms with Gasteiger partial charge in [0.05, 0.1) is 25.2 Å². The number of nitrogens with one attached hydrogen (secondary N) is 2. The summed E-state index contributed by atoms with van der Waals surface area (Å²) >= 11 is 3.50. The largest absolute Gasteiger partial charge is 0.375 e. The highest BCUT2D eigenvalue weighted by molar-refractivity contribution is 9.10. The standard InChI is InChI=1S/C14H19BrN2O2/c1-10(12-4-2-3-5-13(12)15)17-14(18)8-11-9-16-6-7-19-11/h2-5,10-11,16H,6-9H2,1H3,(H,17,18)/t10-,11?/m1/s1. The first-order valence-electron chi connectivity index (χ1n) is 6.53. The summed E-state index contributed by atoms with van der Waals surface area (Å²) < 4.78 is 6.54. The topological polar surface area (TPSA) is 50.4 Å². The minimum absolute atomic E-state index is 0.0137. The van der Waals surface area contributed by atoms with Crippen LogP contribution >= 0.6 is 15.9 Å². The zero-order valence-electron chi connectivity index (χ0n) is 11.0. The Morgan fingerprint density at radius 2 is 2.37 bits per heavy atom. The van der Waals surface area contributed by atoms with Crippen molar-refractivity contribution < 1.29 is 9.53 Å². The van der Waals surface area contributed by atoms with Crippen molar-refractivity contribution in [3.63, 3.8) is 0 Å². The number of carbonyl (C=O) groups is 1. The van der Waals surface area contributed by atoms with E-state index in [0.717, 1.165) is 23.1 Å². The van der Waals surface area contributed by atoms with Crippen LogP contribution in [0.15, 0.2) is 28.7 Å². The molecule has 104 valence electrons. The summed E-state index contributed by atoms with van der Waals surface area (Å²) in [4.78, 5) is 12.0. The maximum atomic E-state index is 12.0. The van der Waals surface area contributed by atoms with E-state index in [1.54, 1.807) is 0 Å². The molecule has 0 saturated carbocycles. The number of morpholine rings is 1. The molecule has 0 radical (unpaired) electrons. The molecule has 1 saturated heterocycles. The molecule has 1 aromatic rings. The SMILES string of the molecule is C[C@@H](NC(=O)CC1CNCCO1)c1ccccc1Br. The van der Waals surface area contributed by atoms with E-state index in [9.17, 15) is 4.79 Å². The molecule has 0 spiro atoms. The van der Waals surface area contributed by atoms with E-state index < -0.39 is 0 Å². The van der Waals surface area contributed by atoms with Gasteiger partial charge in [0.25, 0.3) is 0 Å². The zero-order chi connectivity index (χ0) is 13.7. The number of benzene rings is 1. The maximum absolute atomic E-state index is 12.0. The van der Waals surface area contributed by atoms with Gasteiger partial charge in [-0.1, -0.05) is 34.1 Å². The molecule has 1 fully saturated rings. The van der Waals surface area contributed by atoms with Crippen molar-refractivity contribution in [2.24, 2.45) is 0 Å². The van der Waals surface area contributed by atoms with Crippen LogP contribution in [0.1, 0.15) is 24.9 Å². The zero-order valence-corrected chi connectivity index (χ0v) is 12.6. The van der Waals surface area contributed by atoms with Gasteiger partial charge in [-0.25, -0.2) is 0 Å². The van der Waals surface area contributed by atoms with Crippen LogP contribution in [-0.2, 0) is 9.53 Å². The molecule has 1 amide bonds. The average Bonchev–Trinajstić information content (AvgIpc) is 2.40. The second-order valence-electron chi connectivity index (χ2n) is 4.71. The third kappa shape index (κ3) is 4.30. The van der Waals surface area contributed by atoms with Crippen molar-refractivity contribution in [1.82, 2.24) is 10.6 Å². The molecule has 1 heterocycles. The van der Waals surface area contributed by atoms with Gasteiger partial charge in [-0.3, -0.25) is 4.79 Å². The van der Waals surface area contributed by atoms with Crippen LogP contribution in [0.3, 0.4) is 0 Å². The van der Waals surface area contributed by atoms with Crippen molar-refractivity contribution in [2.45, 2.75) is 25.5 Å². The van der Waals surface area contributed by atoms with E-state index in [-0.39, 0.29) is 18.1 Å². The second kappa shape index (κ2) is 7.03. The summed E-state index contributed by atoms with van der Waals surface area (Å²) in [5.41, 5.74) is 1.08. The fourth-order valence-corrected chi connectivity index (χ4v) is 2.79. The minimum atomic E-state index is -0.0142. The fraction of sp³-hybridized carbons (Fsp3) is 0.500. The molecule has 19 heavy (non-hydrogen) atoms. The Hall–Kier alpha value is -0.910. The maximum Gasteiger partial charge on any atom is 0.223 e. The normalized spacial score (nSPS) is 20.8. The third-order valence-electron chi connectivity index (χ3n) is 3.17. The minimum Gasteiger partial charge on any atom is -0.375 e. The highest BCUT2D eigenvalue weighted by Gasteiger charge is 2.19. The summed E-state index contributed by atoms with van der Waals surface area (Å²) in [6.07, 6.45) is 0.391. The Kier molecular flexibility index (Phi) is 5.36. The lowest BCUT2D eigenvalue weighted by Gasteiger charge is -2.24. The van der Waals surface area contributed by atoms with Gasteiger partial charge in [0.1, 0.15) is 0 Å². The van der Waals surface area contributed by atoms with Crippen LogP contribution in [0.5, 0.6) is 0 Å². The molecule has 1 aliphatic heterocycles. The monoisotopic (exact) mass is 326 g/mol. The number of hydrogen-bond acceptors (Lipinski definition) is 3. The fourth-order valence-electron chi connectivity index (χ4n) is 2.16. The number of carbonyl (C=O) groups excluding carboxylic acids is 1. The summed E-state index contributed by atoms with van der Waals surface area (Å²) in [6.45, 7) is 4.28. The molecule has 2 rings (SSSR count). The van der Waals surface area contributed by atoms with Gasteiger partial charge in [0.15, 0.2) is 0 Å². The predicted octanol–water partition coefficient (Wildman–Crippen LogP) is 2.00. The number of hydrogen-bond donors (Lipinski definition) is 2. The first-order chi connectivity index (χ1) is 9.16. The third-order valence-corrected chi connectivity index (χ3v) is 3.89. The van der Waals surface area contributed by atoms with E-state index >= 15 is 0 Å². The van der Waals surface area contributed by atoms with Crippen molar-refractivity contribution in [3.8, 4) is 0 Å². The van der Waals surface area contributed by atoms with E-state index in [1.165, 1.54) is 0 Å². The predicted molar refractivity (Wildman–Crippen MR) is 77.9 cm³/mol. The molecule has 2 N–H and O–H groups in total. The Bertz CT molecular complexity index is 433. The molecule has 4 nitrogen and oxygen atoms in total. The van der Waals surface area contributed by atoms with Gasteiger partial charge < -0.3 is 15.4 Å². The lowest BCUT2D eigenvalue weighted by atomic mass is 10.1. The summed E-state index contributed by atoms with van der Waals surface area (Å²) in [6, 6.07) is 7.90. The molecule has 5 heteroatoms. The summed E-state index contributed by atoms with van der Waals surface area (Å²) in [5.74, 6) is 0.0250. The smallest absolute Gasteiger partial charge is 0.223 e. The summed E-state index contributed by atoms with van der Waals surface area (Å²) in [5, 5.41) is 6.23. The molecule has 0 aromatic heterocycles. The van der Waals surface area contributed by atoms with Crippen LogP contribution < -0.4 is 10.6 Å². The number of rotatable bonds is 4. The summed E-state index contributed by atoms with van der Waals surface area (Å²) in [7, 11) is 0. The van der Waals surface area contributed by atoms with Crippen LogP contribution in [0, 0.1) is 0 Å². The second-order valence-corrected chi connectivity index (χ2v) is 5.57. The van der Waals surface area contributed by atoms with E-state index in [4.69, 9.17) is 4.74 Å².